The first kappa shape index (κ1) is 21.0. The van der Waals surface area contributed by atoms with E-state index < -0.39 is 0 Å². The fraction of sp³-hybridized carbons (Fsp3) is 0.273. The van der Waals surface area contributed by atoms with Crippen LogP contribution in [0, 0.1) is 6.92 Å². The minimum atomic E-state index is -0.184. The van der Waals surface area contributed by atoms with Gasteiger partial charge in [-0.05, 0) is 42.8 Å². The minimum Gasteiger partial charge on any atom is -0.378 e. The van der Waals surface area contributed by atoms with Gasteiger partial charge in [-0.1, -0.05) is 35.5 Å². The lowest BCUT2D eigenvalue weighted by Gasteiger charge is -2.28. The number of hydrogen-bond acceptors (Lipinski definition) is 7. The summed E-state index contributed by atoms with van der Waals surface area (Å²) in [6, 6.07) is 13.3. The van der Waals surface area contributed by atoms with Crippen LogP contribution in [0.2, 0.25) is 5.02 Å². The highest BCUT2D eigenvalue weighted by Crippen LogP contribution is 2.29. The van der Waals surface area contributed by atoms with Gasteiger partial charge in [-0.3, -0.25) is 9.36 Å². The summed E-state index contributed by atoms with van der Waals surface area (Å²) in [5.74, 6) is 1.78. The van der Waals surface area contributed by atoms with E-state index in [9.17, 15) is 4.79 Å². The Morgan fingerprint density at radius 3 is 2.81 bits per heavy atom. The summed E-state index contributed by atoms with van der Waals surface area (Å²) in [6.07, 6.45) is 0. The first-order valence-electron chi connectivity index (χ1n) is 10.2. The number of aryl methyl sites for hydroxylation is 1. The third-order valence-corrected chi connectivity index (χ3v) is 6.40. The van der Waals surface area contributed by atoms with Gasteiger partial charge >= 0.3 is 0 Å². The number of ether oxygens (including phenoxy) is 1. The van der Waals surface area contributed by atoms with E-state index in [0.717, 1.165) is 35.4 Å². The van der Waals surface area contributed by atoms with E-state index >= 15 is 0 Å². The lowest BCUT2D eigenvalue weighted by molar-refractivity contribution is 0.122. The SMILES string of the molecule is Cc1cccc(-n2c(SCc3nc4cc(Cl)ccc4c(=O)[nH]3)nnc2N2CCOCC2)c1. The smallest absolute Gasteiger partial charge is 0.258 e. The summed E-state index contributed by atoms with van der Waals surface area (Å²) in [7, 11) is 0. The van der Waals surface area contributed by atoms with Gasteiger partial charge in [0.15, 0.2) is 5.16 Å². The number of halogens is 1. The number of benzene rings is 2. The molecule has 0 unspecified atom stereocenters. The maximum Gasteiger partial charge on any atom is 0.258 e. The molecule has 8 nitrogen and oxygen atoms in total. The number of thioether (sulfide) groups is 1. The summed E-state index contributed by atoms with van der Waals surface area (Å²) in [5, 5.41) is 10.7. The van der Waals surface area contributed by atoms with Gasteiger partial charge in [-0.15, -0.1) is 10.2 Å². The van der Waals surface area contributed by atoms with E-state index in [1.54, 1.807) is 18.2 Å². The largest absolute Gasteiger partial charge is 0.378 e. The molecule has 0 bridgehead atoms. The van der Waals surface area contributed by atoms with Gasteiger partial charge in [-0.25, -0.2) is 4.98 Å². The van der Waals surface area contributed by atoms with Gasteiger partial charge in [0, 0.05) is 18.1 Å². The van der Waals surface area contributed by atoms with Crippen molar-refractivity contribution in [2.45, 2.75) is 17.8 Å². The van der Waals surface area contributed by atoms with Gasteiger partial charge < -0.3 is 14.6 Å². The fourth-order valence-electron chi connectivity index (χ4n) is 3.68. The predicted molar refractivity (Wildman–Crippen MR) is 126 cm³/mol. The van der Waals surface area contributed by atoms with Crippen molar-refractivity contribution >= 4 is 40.2 Å². The molecular formula is C22H21ClN6O2S. The van der Waals surface area contributed by atoms with Crippen molar-refractivity contribution in [2.24, 2.45) is 0 Å². The van der Waals surface area contributed by atoms with Crippen LogP contribution in [0.5, 0.6) is 0 Å². The molecule has 1 saturated heterocycles. The Morgan fingerprint density at radius 1 is 1.16 bits per heavy atom. The molecule has 5 rings (SSSR count). The van der Waals surface area contributed by atoms with Gasteiger partial charge in [-0.2, -0.15) is 0 Å². The van der Waals surface area contributed by atoms with Crippen LogP contribution < -0.4 is 10.5 Å². The Balaban J connectivity index is 1.49. The molecule has 0 spiro atoms. The van der Waals surface area contributed by atoms with Gasteiger partial charge in [0.1, 0.15) is 5.82 Å². The average molecular weight is 469 g/mol. The Hall–Kier alpha value is -2.88. The Morgan fingerprint density at radius 2 is 2.00 bits per heavy atom. The summed E-state index contributed by atoms with van der Waals surface area (Å²) >= 11 is 7.55. The molecule has 10 heteroatoms. The number of nitrogens with one attached hydrogen (secondary N) is 1. The second-order valence-corrected chi connectivity index (χ2v) is 8.90. The lowest BCUT2D eigenvalue weighted by atomic mass is 10.2. The zero-order valence-corrected chi connectivity index (χ0v) is 19.0. The van der Waals surface area contributed by atoms with Crippen LogP contribution in [-0.4, -0.2) is 51.0 Å². The van der Waals surface area contributed by atoms with Crippen molar-refractivity contribution in [1.82, 2.24) is 24.7 Å². The van der Waals surface area contributed by atoms with Crippen LogP contribution in [0.3, 0.4) is 0 Å². The highest BCUT2D eigenvalue weighted by molar-refractivity contribution is 7.98. The zero-order chi connectivity index (χ0) is 22.1. The second-order valence-electron chi connectivity index (χ2n) is 7.52. The van der Waals surface area contributed by atoms with E-state index in [2.05, 4.69) is 48.7 Å². The van der Waals surface area contributed by atoms with E-state index in [0.29, 0.717) is 40.7 Å². The first-order chi connectivity index (χ1) is 15.6. The third kappa shape index (κ3) is 4.23. The van der Waals surface area contributed by atoms with Crippen molar-refractivity contribution < 1.29 is 4.74 Å². The quantitative estimate of drug-likeness (QED) is 0.447. The maximum absolute atomic E-state index is 12.5. The first-order valence-corrected chi connectivity index (χ1v) is 11.6. The lowest BCUT2D eigenvalue weighted by Crippen LogP contribution is -2.37. The van der Waals surface area contributed by atoms with Gasteiger partial charge in [0.05, 0.1) is 35.6 Å². The highest BCUT2D eigenvalue weighted by Gasteiger charge is 2.22. The molecule has 1 aliphatic rings. The summed E-state index contributed by atoms with van der Waals surface area (Å²) in [6.45, 7) is 4.90. The van der Waals surface area contributed by atoms with E-state index in [4.69, 9.17) is 16.3 Å². The molecule has 0 amide bonds. The molecule has 4 aromatic rings. The molecule has 3 heterocycles. The highest BCUT2D eigenvalue weighted by atomic mass is 35.5. The standard InChI is InChI=1S/C22H21ClN6O2S/c1-14-3-2-4-16(11-14)29-21(28-7-9-31-10-8-28)26-27-22(29)32-13-19-24-18-12-15(23)5-6-17(18)20(30)25-19/h2-6,11-12H,7-10,13H2,1H3,(H,24,25,30). The number of rotatable bonds is 5. The number of nitrogens with zero attached hydrogens (tertiary/aromatic N) is 5. The monoisotopic (exact) mass is 468 g/mol. The molecule has 1 N–H and O–H groups in total. The molecule has 32 heavy (non-hydrogen) atoms. The zero-order valence-electron chi connectivity index (χ0n) is 17.4. The number of morpholine rings is 1. The van der Waals surface area contributed by atoms with Gasteiger partial charge in [0.2, 0.25) is 5.95 Å². The van der Waals surface area contributed by atoms with Gasteiger partial charge in [0.25, 0.3) is 5.56 Å². The maximum atomic E-state index is 12.5. The fourth-order valence-corrected chi connectivity index (χ4v) is 4.66. The van der Waals surface area contributed by atoms with E-state index in [1.165, 1.54) is 11.8 Å². The van der Waals surface area contributed by atoms with Crippen molar-refractivity contribution in [3.63, 3.8) is 0 Å². The Bertz CT molecular complexity index is 1330. The summed E-state index contributed by atoms with van der Waals surface area (Å²) < 4.78 is 7.55. The van der Waals surface area contributed by atoms with Crippen molar-refractivity contribution in [1.29, 1.82) is 0 Å². The number of anilines is 1. The average Bonchev–Trinajstić information content (AvgIpc) is 3.22. The molecule has 1 fully saturated rings. The molecule has 2 aromatic heterocycles. The topological polar surface area (TPSA) is 88.9 Å². The molecular weight excluding hydrogens is 448 g/mol. The van der Waals surface area contributed by atoms with Crippen LogP contribution in [0.4, 0.5) is 5.95 Å². The number of hydrogen-bond donors (Lipinski definition) is 1. The van der Waals surface area contributed by atoms with Crippen molar-refractivity contribution in [3.8, 4) is 5.69 Å². The molecule has 0 radical (unpaired) electrons. The molecule has 2 aromatic carbocycles. The Labute approximate surface area is 193 Å². The third-order valence-electron chi connectivity index (χ3n) is 5.23. The van der Waals surface area contributed by atoms with Crippen LogP contribution in [0.1, 0.15) is 11.4 Å². The van der Waals surface area contributed by atoms with Crippen LogP contribution in [0.25, 0.3) is 16.6 Å². The predicted octanol–water partition coefficient (Wildman–Crippen LogP) is 3.59. The Kier molecular flexibility index (Phi) is 5.86. The molecule has 0 saturated carbocycles. The summed E-state index contributed by atoms with van der Waals surface area (Å²) in [5.41, 5.74) is 2.53. The minimum absolute atomic E-state index is 0.184. The van der Waals surface area contributed by atoms with E-state index in [1.807, 2.05) is 12.1 Å². The van der Waals surface area contributed by atoms with E-state index in [-0.39, 0.29) is 5.56 Å². The molecule has 164 valence electrons. The summed E-state index contributed by atoms with van der Waals surface area (Å²) in [4.78, 5) is 22.1. The number of aromatic amines is 1. The van der Waals surface area contributed by atoms with Crippen molar-refractivity contribution in [3.05, 3.63) is 69.2 Å². The second kappa shape index (κ2) is 8.93. The van der Waals surface area contributed by atoms with Crippen molar-refractivity contribution in [2.75, 3.05) is 31.2 Å². The normalized spacial score (nSPS) is 14.2. The molecule has 0 aliphatic carbocycles. The number of H-pyrrole nitrogens is 1. The van der Waals surface area contributed by atoms with Crippen LogP contribution in [-0.2, 0) is 10.5 Å². The molecule has 1 aliphatic heterocycles. The van der Waals surface area contributed by atoms with Crippen LogP contribution >= 0.6 is 23.4 Å². The van der Waals surface area contributed by atoms with Crippen LogP contribution in [0.15, 0.2) is 52.4 Å². The molecule has 0 atom stereocenters. The number of aromatic nitrogens is 5. The number of fused-ring (bicyclic) bond motifs is 1.